The molecular weight excluding hydrogens is 391 g/mol. The van der Waals surface area contributed by atoms with Gasteiger partial charge in [0.25, 0.3) is 0 Å². The van der Waals surface area contributed by atoms with Crippen LogP contribution in [0.4, 0.5) is 4.39 Å². The van der Waals surface area contributed by atoms with Crippen LogP contribution in [0.2, 0.25) is 5.02 Å². The first kappa shape index (κ1) is 18.9. The Kier molecular flexibility index (Phi) is 4.91. The zero-order valence-electron chi connectivity index (χ0n) is 15.8. The summed E-state index contributed by atoms with van der Waals surface area (Å²) < 4.78 is 21.7. The Bertz CT molecular complexity index is 1280. The van der Waals surface area contributed by atoms with Crippen LogP contribution in [0.3, 0.4) is 0 Å². The van der Waals surface area contributed by atoms with Crippen LogP contribution in [-0.2, 0) is 6.61 Å². The molecule has 0 spiro atoms. The number of halogens is 2. The summed E-state index contributed by atoms with van der Waals surface area (Å²) in [6.07, 6.45) is 1.61. The van der Waals surface area contributed by atoms with Gasteiger partial charge in [-0.2, -0.15) is 10.4 Å². The van der Waals surface area contributed by atoms with Crippen molar-refractivity contribution in [3.63, 3.8) is 0 Å². The molecule has 0 saturated heterocycles. The number of ether oxygens (including phenoxy) is 1. The first-order chi connectivity index (χ1) is 14.0. The van der Waals surface area contributed by atoms with Crippen molar-refractivity contribution in [1.82, 2.24) is 14.8 Å². The van der Waals surface area contributed by atoms with E-state index >= 15 is 0 Å². The van der Waals surface area contributed by atoms with Gasteiger partial charge in [0.15, 0.2) is 0 Å². The van der Waals surface area contributed by atoms with Crippen molar-refractivity contribution < 1.29 is 9.13 Å². The molecule has 29 heavy (non-hydrogen) atoms. The topological polar surface area (TPSA) is 63.7 Å². The molecule has 0 radical (unpaired) electrons. The molecule has 0 bridgehead atoms. The molecule has 0 aliphatic carbocycles. The predicted octanol–water partition coefficient (Wildman–Crippen LogP) is 5.28. The molecule has 4 aromatic rings. The highest BCUT2D eigenvalue weighted by atomic mass is 35.5. The summed E-state index contributed by atoms with van der Waals surface area (Å²) in [6.45, 7) is 4.10. The van der Waals surface area contributed by atoms with Crippen LogP contribution in [0.1, 0.15) is 22.5 Å². The summed E-state index contributed by atoms with van der Waals surface area (Å²) in [5.74, 6) is 0.174. The Morgan fingerprint density at radius 1 is 1.21 bits per heavy atom. The SMILES string of the molecule is Cc1nn(-c2ccc(C#N)c(Cl)c2)c(C)c1COc1ccc(F)c2cccnc12. The van der Waals surface area contributed by atoms with Crippen molar-refractivity contribution in [2.75, 3.05) is 0 Å². The second kappa shape index (κ2) is 7.53. The number of fused-ring (bicyclic) bond motifs is 1. The van der Waals surface area contributed by atoms with Gasteiger partial charge in [0.2, 0.25) is 0 Å². The second-order valence-corrected chi connectivity index (χ2v) is 6.98. The predicted molar refractivity (Wildman–Crippen MR) is 109 cm³/mol. The number of hydrogen-bond acceptors (Lipinski definition) is 4. The molecule has 2 aromatic carbocycles. The molecule has 0 atom stereocenters. The Labute approximate surface area is 171 Å². The fraction of sp³-hybridized carbons (Fsp3) is 0.136. The van der Waals surface area contributed by atoms with Crippen molar-refractivity contribution in [3.8, 4) is 17.5 Å². The first-order valence-electron chi connectivity index (χ1n) is 8.90. The van der Waals surface area contributed by atoms with Crippen molar-refractivity contribution in [2.45, 2.75) is 20.5 Å². The van der Waals surface area contributed by atoms with Gasteiger partial charge in [-0.25, -0.2) is 9.07 Å². The van der Waals surface area contributed by atoms with Crippen molar-refractivity contribution in [3.05, 3.63) is 82.0 Å². The van der Waals surface area contributed by atoms with E-state index in [1.807, 2.05) is 19.9 Å². The van der Waals surface area contributed by atoms with Crippen LogP contribution in [0.15, 0.2) is 48.7 Å². The standard InChI is InChI=1S/C22H16ClFN4O/c1-13-18(12-29-21-8-7-20(24)17-4-3-9-26-22(17)21)14(2)28(27-13)16-6-5-15(11-25)19(23)10-16/h3-10H,12H2,1-2H3. The third kappa shape index (κ3) is 3.41. The molecule has 0 unspecified atom stereocenters. The fourth-order valence-corrected chi connectivity index (χ4v) is 3.46. The van der Waals surface area contributed by atoms with Gasteiger partial charge >= 0.3 is 0 Å². The van der Waals surface area contributed by atoms with E-state index in [9.17, 15) is 4.39 Å². The Morgan fingerprint density at radius 2 is 2.03 bits per heavy atom. The van der Waals surface area contributed by atoms with E-state index in [4.69, 9.17) is 21.6 Å². The van der Waals surface area contributed by atoms with Crippen LogP contribution >= 0.6 is 11.6 Å². The first-order valence-corrected chi connectivity index (χ1v) is 9.28. The number of nitriles is 1. The summed E-state index contributed by atoms with van der Waals surface area (Å²) >= 11 is 6.16. The Balaban J connectivity index is 1.66. The van der Waals surface area contributed by atoms with E-state index in [-0.39, 0.29) is 12.4 Å². The number of nitrogens with zero attached hydrogens (tertiary/aromatic N) is 4. The zero-order valence-corrected chi connectivity index (χ0v) is 16.5. The van der Waals surface area contributed by atoms with Crippen LogP contribution < -0.4 is 4.74 Å². The van der Waals surface area contributed by atoms with Crippen LogP contribution in [0, 0.1) is 31.0 Å². The quantitative estimate of drug-likeness (QED) is 0.462. The molecule has 0 aliphatic heterocycles. The minimum atomic E-state index is -0.335. The lowest BCUT2D eigenvalue weighted by atomic mass is 10.2. The average Bonchev–Trinajstić information content (AvgIpc) is 3.01. The monoisotopic (exact) mass is 406 g/mol. The summed E-state index contributed by atoms with van der Waals surface area (Å²) in [6, 6.07) is 13.5. The number of rotatable bonds is 4. The van der Waals surface area contributed by atoms with Gasteiger partial charge in [-0.1, -0.05) is 11.6 Å². The minimum Gasteiger partial charge on any atom is -0.486 e. The highest BCUT2D eigenvalue weighted by Crippen LogP contribution is 2.28. The summed E-state index contributed by atoms with van der Waals surface area (Å²) in [5.41, 5.74) is 4.27. The summed E-state index contributed by atoms with van der Waals surface area (Å²) in [5, 5.41) is 14.4. The minimum absolute atomic E-state index is 0.263. The van der Waals surface area contributed by atoms with E-state index in [0.717, 1.165) is 22.6 Å². The lowest BCUT2D eigenvalue weighted by Crippen LogP contribution is -2.02. The number of hydrogen-bond donors (Lipinski definition) is 0. The molecule has 0 saturated carbocycles. The molecule has 0 N–H and O–H groups in total. The van der Waals surface area contributed by atoms with Gasteiger partial charge in [-0.3, -0.25) is 4.98 Å². The number of aryl methyl sites for hydroxylation is 1. The normalized spacial score (nSPS) is 10.9. The number of pyridine rings is 1. The molecule has 7 heteroatoms. The zero-order chi connectivity index (χ0) is 20.5. The van der Waals surface area contributed by atoms with Gasteiger partial charge in [-0.15, -0.1) is 0 Å². The molecule has 0 fully saturated rings. The maximum atomic E-state index is 14.0. The van der Waals surface area contributed by atoms with Gasteiger partial charge < -0.3 is 4.74 Å². The van der Waals surface area contributed by atoms with Crippen molar-refractivity contribution >= 4 is 22.5 Å². The van der Waals surface area contributed by atoms with E-state index in [0.29, 0.717) is 27.2 Å². The second-order valence-electron chi connectivity index (χ2n) is 6.57. The molecule has 0 amide bonds. The molecule has 5 nitrogen and oxygen atoms in total. The van der Waals surface area contributed by atoms with Crippen LogP contribution in [-0.4, -0.2) is 14.8 Å². The van der Waals surface area contributed by atoms with Gasteiger partial charge in [0.1, 0.15) is 29.8 Å². The number of aromatic nitrogens is 3. The van der Waals surface area contributed by atoms with E-state index in [1.54, 1.807) is 47.3 Å². The Morgan fingerprint density at radius 3 is 2.79 bits per heavy atom. The Hall–Kier alpha value is -3.43. The fourth-order valence-electron chi connectivity index (χ4n) is 3.24. The van der Waals surface area contributed by atoms with Gasteiger partial charge in [-0.05, 0) is 56.3 Å². The smallest absolute Gasteiger partial charge is 0.146 e. The molecule has 2 heterocycles. The van der Waals surface area contributed by atoms with Crippen LogP contribution in [0.5, 0.6) is 5.75 Å². The molecule has 144 valence electrons. The molecular formula is C22H16ClFN4O. The lowest BCUT2D eigenvalue weighted by molar-refractivity contribution is 0.307. The molecule has 2 aromatic heterocycles. The highest BCUT2D eigenvalue weighted by Gasteiger charge is 2.16. The van der Waals surface area contributed by atoms with Gasteiger partial charge in [0.05, 0.1) is 22.0 Å². The van der Waals surface area contributed by atoms with E-state index in [2.05, 4.69) is 10.1 Å². The third-order valence-corrected chi connectivity index (χ3v) is 5.12. The van der Waals surface area contributed by atoms with E-state index in [1.165, 1.54) is 6.07 Å². The summed E-state index contributed by atoms with van der Waals surface area (Å²) in [7, 11) is 0. The molecule has 4 rings (SSSR count). The van der Waals surface area contributed by atoms with Gasteiger partial charge in [0, 0.05) is 22.8 Å². The maximum absolute atomic E-state index is 14.0. The maximum Gasteiger partial charge on any atom is 0.146 e. The largest absolute Gasteiger partial charge is 0.486 e. The van der Waals surface area contributed by atoms with Crippen molar-refractivity contribution in [2.24, 2.45) is 0 Å². The van der Waals surface area contributed by atoms with E-state index < -0.39 is 0 Å². The van der Waals surface area contributed by atoms with Crippen LogP contribution in [0.25, 0.3) is 16.6 Å². The summed E-state index contributed by atoms with van der Waals surface area (Å²) in [4.78, 5) is 4.25. The number of benzene rings is 2. The highest BCUT2D eigenvalue weighted by molar-refractivity contribution is 6.31. The lowest BCUT2D eigenvalue weighted by Gasteiger charge is -2.10. The molecule has 0 aliphatic rings. The van der Waals surface area contributed by atoms with Crippen molar-refractivity contribution in [1.29, 1.82) is 5.26 Å². The third-order valence-electron chi connectivity index (χ3n) is 4.81. The average molecular weight is 407 g/mol.